The van der Waals surface area contributed by atoms with E-state index >= 15 is 0 Å². The summed E-state index contributed by atoms with van der Waals surface area (Å²) in [6.07, 6.45) is 0.427. The largest absolute Gasteiger partial charge is 0.321 e. The molecule has 0 radical (unpaired) electrons. The zero-order chi connectivity index (χ0) is 18.1. The fraction of sp³-hybridized carbons (Fsp3) is 0.0952. The molecule has 1 saturated heterocycles. The molecular formula is C21H16N2O3. The lowest BCUT2D eigenvalue weighted by Crippen LogP contribution is -2.28. The lowest BCUT2D eigenvalue weighted by molar-refractivity contribution is -0.121. The Morgan fingerprint density at radius 3 is 2.35 bits per heavy atom. The highest BCUT2D eigenvalue weighted by Gasteiger charge is 2.30. The van der Waals surface area contributed by atoms with E-state index in [1.807, 2.05) is 42.5 Å². The van der Waals surface area contributed by atoms with Crippen molar-refractivity contribution >= 4 is 39.9 Å². The maximum Gasteiger partial charge on any atom is 0.255 e. The second kappa shape index (κ2) is 6.44. The van der Waals surface area contributed by atoms with Gasteiger partial charge in [0.15, 0.2) is 0 Å². The Morgan fingerprint density at radius 1 is 0.846 bits per heavy atom. The number of amides is 3. The highest BCUT2D eigenvalue weighted by molar-refractivity contribution is 6.20. The average molecular weight is 344 g/mol. The monoisotopic (exact) mass is 344 g/mol. The van der Waals surface area contributed by atoms with Crippen molar-refractivity contribution in [1.82, 2.24) is 0 Å². The highest BCUT2D eigenvalue weighted by Crippen LogP contribution is 2.26. The fourth-order valence-electron chi connectivity index (χ4n) is 3.18. The molecule has 0 spiro atoms. The predicted octanol–water partition coefficient (Wildman–Crippen LogP) is 3.75. The number of anilines is 2. The van der Waals surface area contributed by atoms with Crippen molar-refractivity contribution in [3.63, 3.8) is 0 Å². The molecular weight excluding hydrogens is 328 g/mol. The van der Waals surface area contributed by atoms with E-state index in [1.165, 1.54) is 0 Å². The molecule has 0 aromatic heterocycles. The van der Waals surface area contributed by atoms with Crippen molar-refractivity contribution in [1.29, 1.82) is 0 Å². The molecule has 0 unspecified atom stereocenters. The van der Waals surface area contributed by atoms with Gasteiger partial charge in [-0.25, -0.2) is 0 Å². The van der Waals surface area contributed by atoms with Gasteiger partial charge in [-0.3, -0.25) is 19.3 Å². The number of hydrogen-bond acceptors (Lipinski definition) is 3. The Hall–Kier alpha value is -3.47. The van der Waals surface area contributed by atoms with Gasteiger partial charge in [-0.05, 0) is 29.7 Å². The summed E-state index contributed by atoms with van der Waals surface area (Å²) in [5.74, 6) is -0.759. The Labute approximate surface area is 150 Å². The normalized spacial score (nSPS) is 14.1. The van der Waals surface area contributed by atoms with Gasteiger partial charge in [-0.2, -0.15) is 0 Å². The van der Waals surface area contributed by atoms with E-state index in [-0.39, 0.29) is 30.6 Å². The summed E-state index contributed by atoms with van der Waals surface area (Å²) in [5.41, 5.74) is 1.54. The van der Waals surface area contributed by atoms with Crippen LogP contribution in [0, 0.1) is 0 Å². The molecule has 0 saturated carbocycles. The molecule has 128 valence electrons. The Kier molecular flexibility index (Phi) is 3.97. The molecule has 1 aliphatic rings. The first-order valence-corrected chi connectivity index (χ1v) is 8.38. The van der Waals surface area contributed by atoms with Crippen molar-refractivity contribution in [2.75, 3.05) is 10.2 Å². The van der Waals surface area contributed by atoms with Crippen molar-refractivity contribution in [3.8, 4) is 0 Å². The number of fused-ring (bicyclic) bond motifs is 1. The topological polar surface area (TPSA) is 66.5 Å². The molecule has 0 bridgehead atoms. The van der Waals surface area contributed by atoms with Crippen LogP contribution >= 0.6 is 0 Å². The molecule has 5 nitrogen and oxygen atoms in total. The number of nitrogens with zero attached hydrogens (tertiary/aromatic N) is 1. The van der Waals surface area contributed by atoms with Crippen LogP contribution in [0.1, 0.15) is 23.2 Å². The number of carbonyl (C=O) groups is 3. The van der Waals surface area contributed by atoms with Crippen LogP contribution in [-0.2, 0) is 9.59 Å². The second-order valence-corrected chi connectivity index (χ2v) is 6.15. The highest BCUT2D eigenvalue weighted by atomic mass is 16.2. The molecule has 1 N–H and O–H groups in total. The zero-order valence-corrected chi connectivity index (χ0v) is 13.9. The molecule has 0 aliphatic carbocycles. The molecule has 1 heterocycles. The van der Waals surface area contributed by atoms with Crippen molar-refractivity contribution in [2.45, 2.75) is 12.8 Å². The lowest BCUT2D eigenvalue weighted by Gasteiger charge is -2.15. The third kappa shape index (κ3) is 2.84. The van der Waals surface area contributed by atoms with E-state index in [1.54, 1.807) is 24.3 Å². The standard InChI is InChI=1S/C21H16N2O3/c24-19-11-12-20(25)23(19)16-8-3-7-15(13-16)21(26)22-18-10-4-6-14-5-1-2-9-17(14)18/h1-10,13H,11-12H2,(H,22,26). The van der Waals surface area contributed by atoms with Crippen LogP contribution < -0.4 is 10.2 Å². The summed E-state index contributed by atoms with van der Waals surface area (Å²) in [7, 11) is 0. The molecule has 1 aliphatic heterocycles. The smallest absolute Gasteiger partial charge is 0.255 e. The van der Waals surface area contributed by atoms with Crippen LogP contribution in [0.25, 0.3) is 10.8 Å². The van der Waals surface area contributed by atoms with E-state index in [9.17, 15) is 14.4 Å². The summed E-state index contributed by atoms with van der Waals surface area (Å²) < 4.78 is 0. The first kappa shape index (κ1) is 16.0. The second-order valence-electron chi connectivity index (χ2n) is 6.15. The van der Waals surface area contributed by atoms with Gasteiger partial charge in [0.1, 0.15) is 0 Å². The number of imide groups is 1. The van der Waals surface area contributed by atoms with Gasteiger partial charge < -0.3 is 5.32 Å². The molecule has 3 aromatic carbocycles. The number of rotatable bonds is 3. The van der Waals surface area contributed by atoms with Gasteiger partial charge in [0.25, 0.3) is 5.91 Å². The Balaban J connectivity index is 1.64. The van der Waals surface area contributed by atoms with E-state index in [2.05, 4.69) is 5.32 Å². The zero-order valence-electron chi connectivity index (χ0n) is 13.9. The molecule has 0 atom stereocenters. The lowest BCUT2D eigenvalue weighted by atomic mass is 10.1. The van der Waals surface area contributed by atoms with Crippen LogP contribution in [0.2, 0.25) is 0 Å². The summed E-state index contributed by atoms with van der Waals surface area (Å²) >= 11 is 0. The number of hydrogen-bond donors (Lipinski definition) is 1. The summed E-state index contributed by atoms with van der Waals surface area (Å²) in [6.45, 7) is 0. The van der Waals surface area contributed by atoms with Crippen LogP contribution in [0.15, 0.2) is 66.7 Å². The fourth-order valence-corrected chi connectivity index (χ4v) is 3.18. The van der Waals surface area contributed by atoms with Crippen LogP contribution in [0.4, 0.5) is 11.4 Å². The summed E-state index contributed by atoms with van der Waals surface area (Å²) in [4.78, 5) is 37.7. The van der Waals surface area contributed by atoms with Crippen molar-refractivity contribution in [2.24, 2.45) is 0 Å². The molecule has 3 amide bonds. The van der Waals surface area contributed by atoms with Crippen molar-refractivity contribution < 1.29 is 14.4 Å². The van der Waals surface area contributed by atoms with Crippen LogP contribution in [0.3, 0.4) is 0 Å². The first-order chi connectivity index (χ1) is 12.6. The van der Waals surface area contributed by atoms with Gasteiger partial charge in [0.2, 0.25) is 11.8 Å². The van der Waals surface area contributed by atoms with Gasteiger partial charge in [-0.1, -0.05) is 42.5 Å². The van der Waals surface area contributed by atoms with E-state index in [0.29, 0.717) is 16.9 Å². The molecule has 26 heavy (non-hydrogen) atoms. The predicted molar refractivity (Wildman–Crippen MR) is 100 cm³/mol. The average Bonchev–Trinajstić information content (AvgIpc) is 3.00. The van der Waals surface area contributed by atoms with E-state index in [0.717, 1.165) is 15.7 Å². The van der Waals surface area contributed by atoms with Crippen LogP contribution in [0.5, 0.6) is 0 Å². The van der Waals surface area contributed by atoms with E-state index < -0.39 is 0 Å². The molecule has 5 heteroatoms. The Morgan fingerprint density at radius 2 is 1.54 bits per heavy atom. The molecule has 1 fully saturated rings. The third-order valence-electron chi connectivity index (χ3n) is 4.46. The van der Waals surface area contributed by atoms with Crippen LogP contribution in [-0.4, -0.2) is 17.7 Å². The number of benzene rings is 3. The maximum atomic E-state index is 12.7. The molecule has 3 aromatic rings. The summed E-state index contributed by atoms with van der Waals surface area (Å²) in [5, 5.41) is 4.90. The Bertz CT molecular complexity index is 1020. The third-order valence-corrected chi connectivity index (χ3v) is 4.46. The number of nitrogens with one attached hydrogen (secondary N) is 1. The first-order valence-electron chi connectivity index (χ1n) is 8.38. The number of carbonyl (C=O) groups excluding carboxylic acids is 3. The van der Waals surface area contributed by atoms with Crippen molar-refractivity contribution in [3.05, 3.63) is 72.3 Å². The minimum absolute atomic E-state index is 0.214. The van der Waals surface area contributed by atoms with Gasteiger partial charge >= 0.3 is 0 Å². The van der Waals surface area contributed by atoms with E-state index in [4.69, 9.17) is 0 Å². The van der Waals surface area contributed by atoms with Gasteiger partial charge in [-0.15, -0.1) is 0 Å². The maximum absolute atomic E-state index is 12.7. The van der Waals surface area contributed by atoms with Gasteiger partial charge in [0, 0.05) is 29.5 Å². The molecule has 4 rings (SSSR count). The SMILES string of the molecule is O=C(Nc1cccc2ccccc12)c1cccc(N2C(=O)CCC2=O)c1. The van der Waals surface area contributed by atoms with Gasteiger partial charge in [0.05, 0.1) is 5.69 Å². The minimum Gasteiger partial charge on any atom is -0.321 e. The minimum atomic E-state index is -0.290. The quantitative estimate of drug-likeness (QED) is 0.736. The summed E-state index contributed by atoms with van der Waals surface area (Å²) in [6, 6.07) is 20.1.